The van der Waals surface area contributed by atoms with Gasteiger partial charge in [0.2, 0.25) is 11.4 Å². The molecular weight excluding hydrogens is 815 g/mol. The fourth-order valence-corrected chi connectivity index (χ4v) is 9.83. The fourth-order valence-electron chi connectivity index (χ4n) is 9.31. The molecule has 0 radical (unpaired) electrons. The first kappa shape index (κ1) is 52.0. The molecule has 0 aliphatic carbocycles. The van der Waals surface area contributed by atoms with Crippen molar-refractivity contribution in [3.8, 4) is 0 Å². The van der Waals surface area contributed by atoms with Crippen molar-refractivity contribution < 1.29 is 27.5 Å². The summed E-state index contributed by atoms with van der Waals surface area (Å²) in [6.07, 6.45) is 23.8. The molecule has 5 heteroatoms. The SMILES string of the molecule is CCCCCCCCC1=C(c2cc(CC)c(CC)c(CC)c2)[N+](=[N-])C(c2cc(CC)c(CC)c(CC)c2)=C1CCCCCCCC.c1ccc(C[O][Ni][O]Cc2ccccc2)cc1. The van der Waals surface area contributed by atoms with Crippen LogP contribution in [0.15, 0.2) is 96.1 Å². The second-order valence-electron chi connectivity index (χ2n) is 17.2. The van der Waals surface area contributed by atoms with E-state index in [9.17, 15) is 5.53 Å². The third-order valence-electron chi connectivity index (χ3n) is 12.8. The fraction of sp³-hybridized carbons (Fsp3) is 0.517. The zero-order valence-corrected chi connectivity index (χ0v) is 41.7. The molecule has 0 spiro atoms. The van der Waals surface area contributed by atoms with E-state index in [0.29, 0.717) is 13.2 Å². The number of benzene rings is 4. The summed E-state index contributed by atoms with van der Waals surface area (Å²) in [5, 5.41) is 0. The molecule has 4 aromatic rings. The van der Waals surface area contributed by atoms with Crippen LogP contribution in [0.5, 0.6) is 0 Å². The van der Waals surface area contributed by atoms with Crippen LogP contribution in [-0.2, 0) is 74.6 Å². The molecule has 0 bridgehead atoms. The van der Waals surface area contributed by atoms with Crippen LogP contribution in [0.1, 0.15) is 201 Å². The number of aryl methyl sites for hydroxylation is 4. The van der Waals surface area contributed by atoms with Crippen LogP contribution >= 0.6 is 0 Å². The van der Waals surface area contributed by atoms with Crippen molar-refractivity contribution in [2.24, 2.45) is 0 Å². The van der Waals surface area contributed by atoms with Crippen LogP contribution in [-0.4, -0.2) is 4.70 Å². The summed E-state index contributed by atoms with van der Waals surface area (Å²) in [7, 11) is 0. The molecule has 5 rings (SSSR count). The monoisotopic (exact) mass is 897 g/mol. The molecule has 1 heterocycles. The van der Waals surface area contributed by atoms with E-state index in [4.69, 9.17) is 7.76 Å². The van der Waals surface area contributed by atoms with E-state index < -0.39 is 0 Å². The van der Waals surface area contributed by atoms with Crippen LogP contribution in [0.3, 0.4) is 0 Å². The Morgan fingerprint density at radius 1 is 0.429 bits per heavy atom. The van der Waals surface area contributed by atoms with Gasteiger partial charge in [0.15, 0.2) is 0 Å². The van der Waals surface area contributed by atoms with Crippen molar-refractivity contribution in [2.75, 3.05) is 0 Å². The van der Waals surface area contributed by atoms with Gasteiger partial charge >= 0.3 is 108 Å². The topological polar surface area (TPSA) is 43.8 Å². The van der Waals surface area contributed by atoms with Gasteiger partial charge in [-0.05, 0) is 122 Å². The van der Waals surface area contributed by atoms with Crippen molar-refractivity contribution in [1.82, 2.24) is 0 Å². The Morgan fingerprint density at radius 3 is 1.08 bits per heavy atom. The molecule has 346 valence electrons. The van der Waals surface area contributed by atoms with E-state index >= 15 is 0 Å². The van der Waals surface area contributed by atoms with Gasteiger partial charge in [0.05, 0.1) is 0 Å². The van der Waals surface area contributed by atoms with Crippen LogP contribution in [0.4, 0.5) is 0 Å². The minimum atomic E-state index is 0.565. The molecule has 0 N–H and O–H groups in total. The Morgan fingerprint density at radius 2 is 0.762 bits per heavy atom. The molecule has 63 heavy (non-hydrogen) atoms. The van der Waals surface area contributed by atoms with Crippen LogP contribution in [0, 0.1) is 0 Å². The molecule has 1 aliphatic rings. The van der Waals surface area contributed by atoms with E-state index in [0.717, 1.165) is 89.0 Å². The van der Waals surface area contributed by atoms with Crippen LogP contribution < -0.4 is 0 Å². The van der Waals surface area contributed by atoms with Crippen molar-refractivity contribution in [1.29, 1.82) is 0 Å². The summed E-state index contributed by atoms with van der Waals surface area (Å²) in [5.74, 6) is 0. The number of unbranched alkanes of at least 4 members (excludes halogenated alkanes) is 10. The quantitative estimate of drug-likeness (QED) is 0.0324. The molecule has 0 saturated heterocycles. The van der Waals surface area contributed by atoms with E-state index in [2.05, 4.69) is 79.7 Å². The minimum absolute atomic E-state index is 0.565. The number of hydrogen-bond donors (Lipinski definition) is 0. The van der Waals surface area contributed by atoms with Gasteiger partial charge in [0.25, 0.3) is 0 Å². The van der Waals surface area contributed by atoms with E-state index in [1.807, 2.05) is 60.7 Å². The molecule has 0 aromatic heterocycles. The first-order valence-corrected chi connectivity index (χ1v) is 25.9. The average Bonchev–Trinajstić information content (AvgIpc) is 3.60. The second-order valence-corrected chi connectivity index (χ2v) is 17.9. The maximum absolute atomic E-state index is 12.5. The van der Waals surface area contributed by atoms with Crippen molar-refractivity contribution in [3.63, 3.8) is 0 Å². The van der Waals surface area contributed by atoms with Crippen molar-refractivity contribution in [2.45, 2.75) is 197 Å². The summed E-state index contributed by atoms with van der Waals surface area (Å²) < 4.78 is 12.4. The van der Waals surface area contributed by atoms with Gasteiger partial charge in [-0.25, -0.2) is 4.70 Å². The van der Waals surface area contributed by atoms with Gasteiger partial charge < -0.3 is 5.53 Å². The summed E-state index contributed by atoms with van der Waals surface area (Å²) >= 11 is 0.863. The van der Waals surface area contributed by atoms with Gasteiger partial charge in [0, 0.05) is 22.3 Å². The predicted molar refractivity (Wildman–Crippen MR) is 265 cm³/mol. The second kappa shape index (κ2) is 29.7. The molecule has 0 saturated carbocycles. The van der Waals surface area contributed by atoms with E-state index in [1.54, 1.807) is 4.70 Å². The number of hydrogen-bond acceptors (Lipinski definition) is 2. The summed E-state index contributed by atoms with van der Waals surface area (Å²) in [6, 6.07) is 29.7. The Bertz CT molecular complexity index is 1820. The Labute approximate surface area is 391 Å². The predicted octanol–water partition coefficient (Wildman–Crippen LogP) is 17.1. The standard InChI is InChI=1S/C44H68N2.2C7H7O.Ni/c1-9-17-19-21-23-25-27-41-42(28-26-24-22-20-18-10-2)44(38-31-35(13-5)40(16-8)36(14-6)32-38)46(45)43(41)37-29-33(11-3)39(15-7)34(12-4)30-37;2*8-6-7-4-2-1-3-5-7;/h29-32H,9-28H2,1-8H3;2*1-5H,6H2;/q;2*-1;+2. The van der Waals surface area contributed by atoms with Crippen molar-refractivity contribution in [3.05, 3.63) is 157 Å². The van der Waals surface area contributed by atoms with E-state index in [-0.39, 0.29) is 0 Å². The zero-order chi connectivity index (χ0) is 45.2. The normalized spacial score (nSPS) is 12.7. The first-order valence-electron chi connectivity index (χ1n) is 25.1. The molecular formula is C58H82N2NiO2. The Balaban J connectivity index is 0.000000424. The molecule has 4 aromatic carbocycles. The summed E-state index contributed by atoms with van der Waals surface area (Å²) in [5.41, 5.74) is 30.9. The van der Waals surface area contributed by atoms with Gasteiger partial charge in [-0.3, -0.25) is 0 Å². The molecule has 0 amide bonds. The number of nitrogens with zero attached hydrogens (tertiary/aromatic N) is 2. The van der Waals surface area contributed by atoms with Gasteiger partial charge in [0.1, 0.15) is 0 Å². The van der Waals surface area contributed by atoms with E-state index in [1.165, 1.54) is 133 Å². The van der Waals surface area contributed by atoms with Crippen LogP contribution in [0.25, 0.3) is 16.9 Å². The van der Waals surface area contributed by atoms with Crippen molar-refractivity contribution >= 4 is 11.4 Å². The molecule has 4 nitrogen and oxygen atoms in total. The molecule has 1 aliphatic heterocycles. The Hall–Kier alpha value is -3.63. The third-order valence-corrected chi connectivity index (χ3v) is 13.3. The zero-order valence-electron chi connectivity index (χ0n) is 40.7. The summed E-state index contributed by atoms with van der Waals surface area (Å²) in [4.78, 5) is 0. The van der Waals surface area contributed by atoms with Gasteiger partial charge in [-0.1, -0.05) is 120 Å². The number of rotatable bonds is 28. The molecule has 0 fully saturated rings. The average molecular weight is 898 g/mol. The van der Waals surface area contributed by atoms with Gasteiger partial charge in [-0.2, -0.15) is 0 Å². The first-order chi connectivity index (χ1) is 30.9. The number of allylic oxidation sites excluding steroid dienone is 2. The summed E-state index contributed by atoms with van der Waals surface area (Å²) in [6.45, 7) is 19.5. The molecule has 0 atom stereocenters. The Kier molecular flexibility index (Phi) is 24.6. The van der Waals surface area contributed by atoms with Crippen LogP contribution in [0.2, 0.25) is 0 Å². The molecule has 0 unspecified atom stereocenters. The van der Waals surface area contributed by atoms with Gasteiger partial charge in [-0.15, -0.1) is 0 Å². The third kappa shape index (κ3) is 15.8. The maximum atomic E-state index is 12.5.